The number of ether oxygens (including phenoxy) is 1. The van der Waals surface area contributed by atoms with Crippen LogP contribution in [0.15, 0.2) is 18.3 Å². The summed E-state index contributed by atoms with van der Waals surface area (Å²) in [6.07, 6.45) is 4.64. The quantitative estimate of drug-likeness (QED) is 0.771. The summed E-state index contributed by atoms with van der Waals surface area (Å²) in [5.74, 6) is -1.10. The van der Waals surface area contributed by atoms with Crippen molar-refractivity contribution in [2.24, 2.45) is 0 Å². The number of nitrogens with zero attached hydrogens (tertiary/aromatic N) is 1. The number of urea groups is 1. The van der Waals surface area contributed by atoms with Gasteiger partial charge >= 0.3 is 12.0 Å². The molecule has 3 atom stereocenters. The third kappa shape index (κ3) is 2.57. The van der Waals surface area contributed by atoms with Crippen molar-refractivity contribution in [2.45, 2.75) is 37.5 Å². The van der Waals surface area contributed by atoms with Crippen LogP contribution in [0.2, 0.25) is 0 Å². The zero-order valence-electron chi connectivity index (χ0n) is 10.7. The van der Waals surface area contributed by atoms with Crippen LogP contribution in [0.4, 0.5) is 10.5 Å². The van der Waals surface area contributed by atoms with Crippen LogP contribution in [-0.2, 0) is 4.74 Å². The highest BCUT2D eigenvalue weighted by Gasteiger charge is 2.41. The van der Waals surface area contributed by atoms with Crippen LogP contribution in [0, 0.1) is 0 Å². The number of aromatic nitrogens is 1. The number of anilines is 1. The highest BCUT2D eigenvalue weighted by atomic mass is 16.5. The number of fused-ring (bicyclic) bond motifs is 2. The molecule has 7 heteroatoms. The standard InChI is InChI=1S/C13H15N3O4/c17-12(18)9-3-1-7(6-14-9)15-13(19)16-10-5-8-2-4-11(10)20-8/h1,3,6,8,10-11H,2,4-5H2,(H,17,18)(H2,15,16,19). The van der Waals surface area contributed by atoms with E-state index in [2.05, 4.69) is 15.6 Å². The van der Waals surface area contributed by atoms with Gasteiger partial charge in [0.1, 0.15) is 5.69 Å². The number of hydrogen-bond donors (Lipinski definition) is 3. The minimum Gasteiger partial charge on any atom is -0.477 e. The molecule has 0 aliphatic carbocycles. The van der Waals surface area contributed by atoms with Crippen LogP contribution in [0.5, 0.6) is 0 Å². The number of carbonyl (C=O) groups is 2. The van der Waals surface area contributed by atoms with Crippen molar-refractivity contribution in [2.75, 3.05) is 5.32 Å². The molecule has 106 valence electrons. The van der Waals surface area contributed by atoms with Gasteiger partial charge in [-0.15, -0.1) is 0 Å². The summed E-state index contributed by atoms with van der Waals surface area (Å²) in [5.41, 5.74) is 0.397. The zero-order chi connectivity index (χ0) is 14.1. The van der Waals surface area contributed by atoms with E-state index in [0.717, 1.165) is 19.3 Å². The summed E-state index contributed by atoms with van der Waals surface area (Å²) in [4.78, 5) is 26.2. The normalized spacial score (nSPS) is 27.3. The van der Waals surface area contributed by atoms with Crippen LogP contribution >= 0.6 is 0 Å². The molecule has 20 heavy (non-hydrogen) atoms. The molecule has 3 unspecified atom stereocenters. The smallest absolute Gasteiger partial charge is 0.354 e. The Morgan fingerprint density at radius 1 is 1.35 bits per heavy atom. The van der Waals surface area contributed by atoms with Crippen molar-refractivity contribution < 1.29 is 19.4 Å². The first kappa shape index (κ1) is 12.9. The van der Waals surface area contributed by atoms with Crippen LogP contribution in [0.3, 0.4) is 0 Å². The predicted octanol–water partition coefficient (Wildman–Crippen LogP) is 1.22. The topological polar surface area (TPSA) is 101 Å². The van der Waals surface area contributed by atoms with Crippen molar-refractivity contribution in [3.8, 4) is 0 Å². The summed E-state index contributed by atoms with van der Waals surface area (Å²) in [6, 6.07) is 2.59. The van der Waals surface area contributed by atoms with Gasteiger partial charge in [0.05, 0.1) is 30.1 Å². The lowest BCUT2D eigenvalue weighted by atomic mass is 9.96. The molecule has 3 N–H and O–H groups in total. The van der Waals surface area contributed by atoms with Gasteiger partial charge in [-0.25, -0.2) is 14.6 Å². The average molecular weight is 277 g/mol. The molecule has 1 aromatic heterocycles. The van der Waals surface area contributed by atoms with E-state index in [1.165, 1.54) is 18.3 Å². The maximum Gasteiger partial charge on any atom is 0.354 e. The molecular weight excluding hydrogens is 262 g/mol. The second-order valence-corrected chi connectivity index (χ2v) is 5.05. The number of carboxylic acid groups (broad SMARTS) is 1. The summed E-state index contributed by atoms with van der Waals surface area (Å²) >= 11 is 0. The van der Waals surface area contributed by atoms with Crippen molar-refractivity contribution in [1.29, 1.82) is 0 Å². The van der Waals surface area contributed by atoms with Gasteiger partial charge in [0, 0.05) is 0 Å². The fourth-order valence-corrected chi connectivity index (χ4v) is 2.72. The van der Waals surface area contributed by atoms with Crippen molar-refractivity contribution in [3.05, 3.63) is 24.0 Å². The van der Waals surface area contributed by atoms with E-state index >= 15 is 0 Å². The minimum atomic E-state index is -1.10. The lowest BCUT2D eigenvalue weighted by Gasteiger charge is -2.20. The number of hydrogen-bond acceptors (Lipinski definition) is 4. The molecule has 2 aliphatic rings. The largest absolute Gasteiger partial charge is 0.477 e. The summed E-state index contributed by atoms with van der Waals surface area (Å²) in [5, 5.41) is 14.2. The predicted molar refractivity (Wildman–Crippen MR) is 69.7 cm³/mol. The van der Waals surface area contributed by atoms with Gasteiger partial charge in [-0.1, -0.05) is 0 Å². The Balaban J connectivity index is 1.55. The molecule has 3 rings (SSSR count). The Kier molecular flexibility index (Phi) is 3.27. The lowest BCUT2D eigenvalue weighted by Crippen LogP contribution is -2.43. The molecule has 0 saturated carbocycles. The van der Waals surface area contributed by atoms with E-state index in [4.69, 9.17) is 9.84 Å². The summed E-state index contributed by atoms with van der Waals surface area (Å²) in [7, 11) is 0. The second-order valence-electron chi connectivity index (χ2n) is 5.05. The Morgan fingerprint density at radius 2 is 2.20 bits per heavy atom. The molecule has 2 bridgehead atoms. The van der Waals surface area contributed by atoms with Crippen LogP contribution in [0.1, 0.15) is 29.8 Å². The van der Waals surface area contributed by atoms with E-state index in [0.29, 0.717) is 5.69 Å². The maximum atomic E-state index is 11.8. The lowest BCUT2D eigenvalue weighted by molar-refractivity contribution is 0.0690. The first-order valence-electron chi connectivity index (χ1n) is 6.54. The second kappa shape index (κ2) is 5.09. The Labute approximate surface area is 115 Å². The van der Waals surface area contributed by atoms with E-state index < -0.39 is 5.97 Å². The Morgan fingerprint density at radius 3 is 2.75 bits per heavy atom. The highest BCUT2D eigenvalue weighted by molar-refractivity contribution is 5.90. The van der Waals surface area contributed by atoms with E-state index in [9.17, 15) is 9.59 Å². The van der Waals surface area contributed by atoms with Gasteiger partial charge < -0.3 is 20.5 Å². The third-order valence-corrected chi connectivity index (χ3v) is 3.66. The van der Waals surface area contributed by atoms with Gasteiger partial charge in [0.2, 0.25) is 0 Å². The Bertz CT molecular complexity index is 531. The zero-order valence-corrected chi connectivity index (χ0v) is 10.7. The van der Waals surface area contributed by atoms with E-state index in [-0.39, 0.29) is 30.0 Å². The molecule has 3 heterocycles. The van der Waals surface area contributed by atoms with Gasteiger partial charge in [-0.05, 0) is 31.4 Å². The molecule has 2 amide bonds. The first-order valence-corrected chi connectivity index (χ1v) is 6.54. The summed E-state index contributed by atoms with van der Waals surface area (Å²) < 4.78 is 5.66. The number of aromatic carboxylic acids is 1. The highest BCUT2D eigenvalue weighted by Crippen LogP contribution is 2.34. The fourth-order valence-electron chi connectivity index (χ4n) is 2.72. The minimum absolute atomic E-state index is 0.0556. The van der Waals surface area contributed by atoms with Crippen LogP contribution < -0.4 is 10.6 Å². The van der Waals surface area contributed by atoms with E-state index in [1.807, 2.05) is 0 Å². The molecule has 2 aliphatic heterocycles. The number of nitrogens with one attached hydrogen (secondary N) is 2. The first-order chi connectivity index (χ1) is 9.61. The number of carboxylic acids is 1. The average Bonchev–Trinajstić information content (AvgIpc) is 3.01. The molecule has 2 fully saturated rings. The number of carbonyl (C=O) groups excluding carboxylic acids is 1. The molecule has 2 saturated heterocycles. The Hall–Kier alpha value is -2.15. The van der Waals surface area contributed by atoms with Gasteiger partial charge in [0.15, 0.2) is 0 Å². The van der Waals surface area contributed by atoms with Gasteiger partial charge in [-0.2, -0.15) is 0 Å². The third-order valence-electron chi connectivity index (χ3n) is 3.66. The van der Waals surface area contributed by atoms with Crippen LogP contribution in [0.25, 0.3) is 0 Å². The molecular formula is C13H15N3O4. The van der Waals surface area contributed by atoms with Crippen molar-refractivity contribution >= 4 is 17.7 Å². The molecule has 0 spiro atoms. The molecule has 7 nitrogen and oxygen atoms in total. The SMILES string of the molecule is O=C(Nc1ccc(C(=O)O)nc1)NC1CC2CCC1O2. The molecule has 0 radical (unpaired) electrons. The van der Waals surface area contributed by atoms with Crippen molar-refractivity contribution in [3.63, 3.8) is 0 Å². The monoisotopic (exact) mass is 277 g/mol. The van der Waals surface area contributed by atoms with E-state index in [1.54, 1.807) is 0 Å². The molecule has 0 aromatic carbocycles. The van der Waals surface area contributed by atoms with Crippen LogP contribution in [-0.4, -0.2) is 40.3 Å². The van der Waals surface area contributed by atoms with Gasteiger partial charge in [-0.3, -0.25) is 0 Å². The maximum absolute atomic E-state index is 11.8. The summed E-state index contributed by atoms with van der Waals surface area (Å²) in [6.45, 7) is 0. The molecule has 1 aromatic rings. The number of rotatable bonds is 3. The number of amides is 2. The van der Waals surface area contributed by atoms with Gasteiger partial charge in [0.25, 0.3) is 0 Å². The number of pyridine rings is 1. The van der Waals surface area contributed by atoms with Crippen molar-refractivity contribution in [1.82, 2.24) is 10.3 Å². The fraction of sp³-hybridized carbons (Fsp3) is 0.462.